The minimum Gasteiger partial charge on any atom is -0.502 e. The number of rotatable bonds is 8. The molecule has 0 atom stereocenters. The summed E-state index contributed by atoms with van der Waals surface area (Å²) in [7, 11) is 5.79. The number of anilines is 1. The molecule has 3 heterocycles. The molecule has 1 saturated carbocycles. The molecular weight excluding hydrogens is 408 g/mol. The highest BCUT2D eigenvalue weighted by Gasteiger charge is 2.52. The molecule has 32 heavy (non-hydrogen) atoms. The average molecular weight is 439 g/mol. The van der Waals surface area contributed by atoms with Gasteiger partial charge < -0.3 is 30.0 Å². The molecule has 10 nitrogen and oxygen atoms in total. The van der Waals surface area contributed by atoms with Crippen LogP contribution in [0.25, 0.3) is 11.5 Å². The number of ether oxygens (including phenoxy) is 1. The van der Waals surface area contributed by atoms with Crippen molar-refractivity contribution in [3.05, 3.63) is 54.3 Å². The maximum absolute atomic E-state index is 6.36. The first-order chi connectivity index (χ1) is 15.3. The van der Waals surface area contributed by atoms with Gasteiger partial charge in [-0.2, -0.15) is 0 Å². The highest BCUT2D eigenvalue weighted by molar-refractivity contribution is 5.51. The van der Waals surface area contributed by atoms with Gasteiger partial charge >= 0.3 is 0 Å². The van der Waals surface area contributed by atoms with Gasteiger partial charge in [-0.05, 0) is 31.4 Å². The van der Waals surface area contributed by atoms with Crippen LogP contribution in [0.2, 0.25) is 0 Å². The van der Waals surface area contributed by atoms with E-state index in [9.17, 15) is 0 Å². The third-order valence-electron chi connectivity index (χ3n) is 6.09. The number of likely N-dealkylation sites (N-methyl/N-ethyl adjacent to an activating group) is 1. The molecule has 2 aliphatic rings. The fraction of sp³-hybridized carbons (Fsp3) is 0.455. The molecule has 4 rings (SSSR count). The number of nitrogens with two attached hydrogens (primary N) is 1. The van der Waals surface area contributed by atoms with Crippen molar-refractivity contribution in [3.8, 4) is 11.5 Å². The van der Waals surface area contributed by atoms with Crippen molar-refractivity contribution in [1.29, 1.82) is 0 Å². The van der Waals surface area contributed by atoms with Crippen LogP contribution in [-0.4, -0.2) is 70.3 Å². The minimum absolute atomic E-state index is 0.372. The summed E-state index contributed by atoms with van der Waals surface area (Å²) in [5.41, 5.74) is 9.43. The van der Waals surface area contributed by atoms with Crippen molar-refractivity contribution in [2.75, 3.05) is 39.6 Å². The van der Waals surface area contributed by atoms with Crippen molar-refractivity contribution < 1.29 is 9.15 Å². The molecular formula is C22H30N8O2. The van der Waals surface area contributed by atoms with E-state index >= 15 is 0 Å². The number of likely N-dealkylation sites (tertiary alicyclic amines) is 1. The fourth-order valence-electron chi connectivity index (χ4n) is 4.52. The van der Waals surface area contributed by atoms with Gasteiger partial charge in [0.05, 0.1) is 29.8 Å². The SMILES string of the molecule is C=C(/C(N)=C\C(=C\OC)Nc1ncc(-c2nnc(C)o2)cn1)N(C)C1CC2(C1)CN(C)C2. The summed E-state index contributed by atoms with van der Waals surface area (Å²) in [5.74, 6) is 1.23. The van der Waals surface area contributed by atoms with Gasteiger partial charge in [0.1, 0.15) is 6.26 Å². The molecule has 0 bridgehead atoms. The Morgan fingerprint density at radius 2 is 2.03 bits per heavy atom. The molecule has 2 aromatic heterocycles. The van der Waals surface area contributed by atoms with Gasteiger partial charge in [0.25, 0.3) is 5.89 Å². The molecule has 1 aliphatic carbocycles. The highest BCUT2D eigenvalue weighted by Crippen LogP contribution is 2.50. The number of aromatic nitrogens is 4. The summed E-state index contributed by atoms with van der Waals surface area (Å²) >= 11 is 0. The molecule has 2 aromatic rings. The van der Waals surface area contributed by atoms with Gasteiger partial charge in [-0.15, -0.1) is 10.2 Å². The average Bonchev–Trinajstić information content (AvgIpc) is 3.15. The zero-order valence-corrected chi connectivity index (χ0v) is 19.0. The van der Waals surface area contributed by atoms with Crippen LogP contribution in [0.3, 0.4) is 0 Å². The van der Waals surface area contributed by atoms with Crippen LogP contribution in [-0.2, 0) is 4.74 Å². The summed E-state index contributed by atoms with van der Waals surface area (Å²) < 4.78 is 10.6. The molecule has 0 aromatic carbocycles. The lowest BCUT2D eigenvalue weighted by molar-refractivity contribution is -0.0865. The monoisotopic (exact) mass is 438 g/mol. The maximum atomic E-state index is 6.36. The third kappa shape index (κ3) is 4.45. The first kappa shape index (κ1) is 21.8. The van der Waals surface area contributed by atoms with Crippen LogP contribution in [0.1, 0.15) is 18.7 Å². The smallest absolute Gasteiger partial charge is 0.250 e. The molecule has 1 aliphatic heterocycles. The van der Waals surface area contributed by atoms with Gasteiger partial charge in [0.2, 0.25) is 11.8 Å². The van der Waals surface area contributed by atoms with Crippen molar-refractivity contribution in [3.63, 3.8) is 0 Å². The Bertz CT molecular complexity index is 1030. The molecule has 170 valence electrons. The summed E-state index contributed by atoms with van der Waals surface area (Å²) in [5, 5.41) is 10.9. The second-order valence-electron chi connectivity index (χ2n) is 8.75. The molecule has 0 unspecified atom stereocenters. The molecule has 3 N–H and O–H groups in total. The predicted octanol–water partition coefficient (Wildman–Crippen LogP) is 2.12. The lowest BCUT2D eigenvalue weighted by Crippen LogP contribution is -2.64. The summed E-state index contributed by atoms with van der Waals surface area (Å²) in [4.78, 5) is 13.2. The Balaban J connectivity index is 1.38. The van der Waals surface area contributed by atoms with E-state index in [2.05, 4.69) is 56.0 Å². The van der Waals surface area contributed by atoms with E-state index in [0.717, 1.165) is 5.70 Å². The molecule has 1 spiro atoms. The summed E-state index contributed by atoms with van der Waals surface area (Å²) in [6.07, 6.45) is 8.89. The number of aryl methyl sites for hydroxylation is 1. The molecule has 0 radical (unpaired) electrons. The maximum Gasteiger partial charge on any atom is 0.250 e. The Labute approximate surface area is 187 Å². The number of methoxy groups -OCH3 is 1. The zero-order chi connectivity index (χ0) is 22.9. The summed E-state index contributed by atoms with van der Waals surface area (Å²) in [6, 6.07) is 0.468. The number of allylic oxidation sites excluding steroid dienone is 1. The van der Waals surface area contributed by atoms with Crippen LogP contribution in [0, 0.1) is 12.3 Å². The lowest BCUT2D eigenvalue weighted by Gasteiger charge is -2.60. The van der Waals surface area contributed by atoms with Crippen molar-refractivity contribution in [1.82, 2.24) is 30.0 Å². The van der Waals surface area contributed by atoms with Crippen molar-refractivity contribution in [2.45, 2.75) is 25.8 Å². The van der Waals surface area contributed by atoms with E-state index in [4.69, 9.17) is 14.9 Å². The van der Waals surface area contributed by atoms with Crippen LogP contribution in [0.5, 0.6) is 0 Å². The third-order valence-corrected chi connectivity index (χ3v) is 6.09. The van der Waals surface area contributed by atoms with Gasteiger partial charge in [-0.1, -0.05) is 6.58 Å². The molecule has 0 amide bonds. The molecule has 1 saturated heterocycles. The Hall–Kier alpha value is -3.40. The number of nitrogens with one attached hydrogen (secondary N) is 1. The normalized spacial score (nSPS) is 18.8. The van der Waals surface area contributed by atoms with E-state index in [1.807, 2.05) is 0 Å². The summed E-state index contributed by atoms with van der Waals surface area (Å²) in [6.45, 7) is 8.30. The van der Waals surface area contributed by atoms with Gasteiger partial charge in [0.15, 0.2) is 0 Å². The second-order valence-corrected chi connectivity index (χ2v) is 8.75. The van der Waals surface area contributed by atoms with Crippen molar-refractivity contribution in [2.24, 2.45) is 11.1 Å². The largest absolute Gasteiger partial charge is 0.502 e. The molecule has 10 heteroatoms. The topological polar surface area (TPSA) is 118 Å². The first-order valence-corrected chi connectivity index (χ1v) is 10.5. The van der Waals surface area contributed by atoms with E-state index in [0.29, 0.717) is 46.1 Å². The van der Waals surface area contributed by atoms with E-state index in [-0.39, 0.29) is 0 Å². The number of nitrogens with zero attached hydrogens (tertiary/aromatic N) is 6. The second kappa shape index (κ2) is 8.62. The van der Waals surface area contributed by atoms with E-state index < -0.39 is 0 Å². The van der Waals surface area contributed by atoms with Gasteiger partial charge in [0, 0.05) is 45.5 Å². The van der Waals surface area contributed by atoms with Gasteiger partial charge in [-0.3, -0.25) is 0 Å². The van der Waals surface area contributed by atoms with Crippen molar-refractivity contribution >= 4 is 5.95 Å². The number of hydrogen-bond acceptors (Lipinski definition) is 10. The van der Waals surface area contributed by atoms with Crippen LogP contribution in [0.4, 0.5) is 5.95 Å². The first-order valence-electron chi connectivity index (χ1n) is 10.5. The lowest BCUT2D eigenvalue weighted by atomic mass is 9.60. The van der Waals surface area contributed by atoms with Gasteiger partial charge in [-0.25, -0.2) is 9.97 Å². The Morgan fingerprint density at radius 1 is 1.34 bits per heavy atom. The molecule has 2 fully saturated rings. The standard InChI is InChI=1S/C22H30N8O2/c1-14(30(4)18-7-22(8-18)12-29(3)13-22)19(23)6-17(11-31-5)26-21-24-9-16(10-25-21)20-28-27-15(2)32-20/h6,9-11,18H,1,7-8,12-13,23H2,2-5H3,(H,24,25,26)/b17-11-,19-6+. The van der Waals surface area contributed by atoms with E-state index in [1.54, 1.807) is 38.8 Å². The predicted molar refractivity (Wildman–Crippen MR) is 121 cm³/mol. The fourth-order valence-corrected chi connectivity index (χ4v) is 4.52. The Morgan fingerprint density at radius 3 is 2.59 bits per heavy atom. The number of hydrogen-bond donors (Lipinski definition) is 2. The Kier molecular flexibility index (Phi) is 5.88. The van der Waals surface area contributed by atoms with Crippen LogP contribution >= 0.6 is 0 Å². The van der Waals surface area contributed by atoms with Crippen LogP contribution in [0.15, 0.2) is 52.8 Å². The van der Waals surface area contributed by atoms with E-state index in [1.165, 1.54) is 25.9 Å². The highest BCUT2D eigenvalue weighted by atomic mass is 16.5. The quantitative estimate of drug-likeness (QED) is 0.468. The minimum atomic E-state index is 0.372. The van der Waals surface area contributed by atoms with Crippen LogP contribution < -0.4 is 11.1 Å². The zero-order valence-electron chi connectivity index (χ0n) is 19.0.